The van der Waals surface area contributed by atoms with Crippen LogP contribution in [0.3, 0.4) is 0 Å². The normalized spacial score (nSPS) is 11.9. The van der Waals surface area contributed by atoms with Gasteiger partial charge in [0.05, 0.1) is 17.6 Å². The third-order valence-electron chi connectivity index (χ3n) is 3.61. The van der Waals surface area contributed by atoms with Gasteiger partial charge in [-0.05, 0) is 26.7 Å². The highest BCUT2D eigenvalue weighted by molar-refractivity contribution is 7.16. The van der Waals surface area contributed by atoms with Crippen molar-refractivity contribution in [3.8, 4) is 11.3 Å². The fraction of sp³-hybridized carbons (Fsp3) is 0.533. The largest absolute Gasteiger partial charge is 0.269 e. The van der Waals surface area contributed by atoms with Gasteiger partial charge in [-0.1, -0.05) is 25.2 Å². The van der Waals surface area contributed by atoms with Crippen molar-refractivity contribution in [3.05, 3.63) is 22.6 Å². The number of rotatable bonds is 4. The second kappa shape index (κ2) is 5.26. The summed E-state index contributed by atoms with van der Waals surface area (Å²) in [4.78, 5) is 5.71. The van der Waals surface area contributed by atoms with Crippen LogP contribution < -0.4 is 0 Å². The molecule has 0 fully saturated rings. The molecule has 0 amide bonds. The summed E-state index contributed by atoms with van der Waals surface area (Å²) in [6, 6.07) is 0. The van der Waals surface area contributed by atoms with Gasteiger partial charge < -0.3 is 0 Å². The first kappa shape index (κ1) is 14.3. The van der Waals surface area contributed by atoms with Gasteiger partial charge in [0.2, 0.25) is 4.96 Å². The van der Waals surface area contributed by atoms with Gasteiger partial charge >= 0.3 is 0 Å². The lowest BCUT2D eigenvalue weighted by molar-refractivity contribution is 0.634. The number of aryl methyl sites for hydroxylation is 2. The Kier molecular flexibility index (Phi) is 3.57. The maximum Gasteiger partial charge on any atom is 0.212 e. The fourth-order valence-corrected chi connectivity index (χ4v) is 3.76. The third kappa shape index (κ3) is 2.48. The Bertz CT molecular complexity index is 746. The van der Waals surface area contributed by atoms with Crippen LogP contribution in [0.1, 0.15) is 37.2 Å². The van der Waals surface area contributed by atoms with Gasteiger partial charge in [0.1, 0.15) is 5.01 Å². The Hall–Kier alpha value is -1.69. The number of hydrogen-bond donors (Lipinski definition) is 0. The topological polar surface area (TPSA) is 48.0 Å². The standard InChI is InChI=1S/C15H21N5S/c1-6-19-11(5)14(10(4)17-19)12-8-20-15(16-12)21-13(18-20)7-9(2)3/h8-9H,6-7H2,1-5H3. The Morgan fingerprint density at radius 2 is 2.00 bits per heavy atom. The molecule has 0 N–H and O–H groups in total. The molecular weight excluding hydrogens is 282 g/mol. The smallest absolute Gasteiger partial charge is 0.212 e. The summed E-state index contributed by atoms with van der Waals surface area (Å²) in [5.41, 5.74) is 4.31. The number of imidazole rings is 1. The molecule has 0 bridgehead atoms. The molecule has 0 aromatic carbocycles. The molecule has 21 heavy (non-hydrogen) atoms. The van der Waals surface area contributed by atoms with E-state index in [0.29, 0.717) is 5.92 Å². The van der Waals surface area contributed by atoms with Crippen molar-refractivity contribution >= 4 is 16.3 Å². The summed E-state index contributed by atoms with van der Waals surface area (Å²) in [6.45, 7) is 11.5. The lowest BCUT2D eigenvalue weighted by atomic mass is 10.1. The van der Waals surface area contributed by atoms with E-state index >= 15 is 0 Å². The zero-order valence-corrected chi connectivity index (χ0v) is 14.0. The van der Waals surface area contributed by atoms with Crippen LogP contribution >= 0.6 is 11.3 Å². The summed E-state index contributed by atoms with van der Waals surface area (Å²) in [5, 5.41) is 10.3. The van der Waals surface area contributed by atoms with Gasteiger partial charge in [-0.25, -0.2) is 9.50 Å². The zero-order chi connectivity index (χ0) is 15.1. The van der Waals surface area contributed by atoms with Crippen LogP contribution in [0.2, 0.25) is 0 Å². The highest BCUT2D eigenvalue weighted by Crippen LogP contribution is 2.28. The van der Waals surface area contributed by atoms with E-state index in [1.165, 1.54) is 5.69 Å². The van der Waals surface area contributed by atoms with Gasteiger partial charge in [0.15, 0.2) is 0 Å². The van der Waals surface area contributed by atoms with Crippen LogP contribution in [0, 0.1) is 19.8 Å². The molecule has 6 heteroatoms. The molecule has 0 aliphatic rings. The Balaban J connectivity index is 2.02. The quantitative estimate of drug-likeness (QED) is 0.741. The average molecular weight is 303 g/mol. The lowest BCUT2D eigenvalue weighted by Crippen LogP contribution is -1.98. The van der Waals surface area contributed by atoms with Gasteiger partial charge in [0.25, 0.3) is 0 Å². The fourth-order valence-electron chi connectivity index (χ4n) is 2.67. The third-order valence-corrected chi connectivity index (χ3v) is 4.55. The van der Waals surface area contributed by atoms with Gasteiger partial charge in [-0.15, -0.1) is 0 Å². The molecule has 0 aliphatic carbocycles. The Labute approximate surface area is 128 Å². The molecule has 0 saturated carbocycles. The Morgan fingerprint density at radius 3 is 2.57 bits per heavy atom. The van der Waals surface area contributed by atoms with E-state index in [9.17, 15) is 0 Å². The number of hydrogen-bond acceptors (Lipinski definition) is 4. The van der Waals surface area contributed by atoms with E-state index in [-0.39, 0.29) is 0 Å². The molecule has 3 aromatic rings. The van der Waals surface area contributed by atoms with Crippen molar-refractivity contribution < 1.29 is 0 Å². The zero-order valence-electron chi connectivity index (χ0n) is 13.2. The van der Waals surface area contributed by atoms with Crippen LogP contribution in [-0.2, 0) is 13.0 Å². The number of aromatic nitrogens is 5. The van der Waals surface area contributed by atoms with E-state index in [1.807, 2.05) is 22.3 Å². The van der Waals surface area contributed by atoms with Crippen LogP contribution in [0.4, 0.5) is 0 Å². The maximum atomic E-state index is 4.75. The van der Waals surface area contributed by atoms with Gasteiger partial charge in [0, 0.05) is 24.2 Å². The summed E-state index contributed by atoms with van der Waals surface area (Å²) in [7, 11) is 0. The average Bonchev–Trinajstić information content (AvgIpc) is 3.00. The highest BCUT2D eigenvalue weighted by atomic mass is 32.1. The maximum absolute atomic E-state index is 4.75. The number of fused-ring (bicyclic) bond motifs is 1. The minimum atomic E-state index is 0.618. The van der Waals surface area contributed by atoms with Crippen LogP contribution in [0.25, 0.3) is 16.2 Å². The van der Waals surface area contributed by atoms with Crippen molar-refractivity contribution in [3.63, 3.8) is 0 Å². The summed E-state index contributed by atoms with van der Waals surface area (Å²) in [5.74, 6) is 0.618. The van der Waals surface area contributed by atoms with Crippen LogP contribution in [0.5, 0.6) is 0 Å². The molecule has 0 spiro atoms. The summed E-state index contributed by atoms with van der Waals surface area (Å²) >= 11 is 1.68. The number of nitrogens with zero attached hydrogens (tertiary/aromatic N) is 5. The first-order valence-corrected chi connectivity index (χ1v) is 8.20. The van der Waals surface area contributed by atoms with Crippen LogP contribution in [-0.4, -0.2) is 24.4 Å². The van der Waals surface area contributed by atoms with Crippen molar-refractivity contribution in [2.75, 3.05) is 0 Å². The molecule has 0 radical (unpaired) electrons. The monoisotopic (exact) mass is 303 g/mol. The molecule has 0 saturated heterocycles. The molecule has 112 valence electrons. The Morgan fingerprint density at radius 1 is 1.24 bits per heavy atom. The van der Waals surface area contributed by atoms with Crippen molar-refractivity contribution in [1.82, 2.24) is 24.4 Å². The summed E-state index contributed by atoms with van der Waals surface area (Å²) in [6.07, 6.45) is 3.03. The molecule has 3 heterocycles. The lowest BCUT2D eigenvalue weighted by Gasteiger charge is -2.00. The second-order valence-electron chi connectivity index (χ2n) is 5.81. The van der Waals surface area contributed by atoms with Gasteiger partial charge in [-0.3, -0.25) is 4.68 Å². The van der Waals surface area contributed by atoms with E-state index < -0.39 is 0 Å². The molecule has 3 aromatic heterocycles. The molecule has 0 unspecified atom stereocenters. The van der Waals surface area contributed by atoms with Crippen LogP contribution in [0.15, 0.2) is 6.20 Å². The SMILES string of the molecule is CCn1nc(C)c(-c2cn3nc(CC(C)C)sc3n2)c1C. The first-order chi connectivity index (χ1) is 9.99. The molecular formula is C15H21N5S. The molecule has 3 rings (SSSR count). The first-order valence-electron chi connectivity index (χ1n) is 7.39. The van der Waals surface area contributed by atoms with E-state index in [4.69, 9.17) is 4.98 Å². The minimum Gasteiger partial charge on any atom is -0.269 e. The second-order valence-corrected chi connectivity index (χ2v) is 6.85. The molecule has 0 atom stereocenters. The molecule has 0 aliphatic heterocycles. The predicted octanol–water partition coefficient (Wildman–Crippen LogP) is 3.49. The predicted molar refractivity (Wildman–Crippen MR) is 85.8 cm³/mol. The van der Waals surface area contributed by atoms with Crippen molar-refractivity contribution in [1.29, 1.82) is 0 Å². The minimum absolute atomic E-state index is 0.618. The van der Waals surface area contributed by atoms with Gasteiger partial charge in [-0.2, -0.15) is 10.2 Å². The van der Waals surface area contributed by atoms with Crippen molar-refractivity contribution in [2.45, 2.75) is 47.6 Å². The molecule has 5 nitrogen and oxygen atoms in total. The van der Waals surface area contributed by atoms with E-state index in [2.05, 4.69) is 37.9 Å². The summed E-state index contributed by atoms with van der Waals surface area (Å²) < 4.78 is 3.93. The van der Waals surface area contributed by atoms with Crippen molar-refractivity contribution in [2.24, 2.45) is 5.92 Å². The van der Waals surface area contributed by atoms with E-state index in [1.54, 1.807) is 11.3 Å². The highest BCUT2D eigenvalue weighted by Gasteiger charge is 2.17. The van der Waals surface area contributed by atoms with E-state index in [0.717, 1.165) is 39.9 Å².